The van der Waals surface area contributed by atoms with Gasteiger partial charge in [-0.1, -0.05) is 12.1 Å². The number of aromatic carboxylic acids is 1. The maximum atomic E-state index is 12.7. The second-order valence-corrected chi connectivity index (χ2v) is 7.24. The average Bonchev–Trinajstić information content (AvgIpc) is 3.10. The van der Waals surface area contributed by atoms with Crippen molar-refractivity contribution in [2.45, 2.75) is 13.5 Å². The molecule has 1 aromatic carbocycles. The van der Waals surface area contributed by atoms with E-state index in [0.717, 1.165) is 10.3 Å². The minimum absolute atomic E-state index is 0.195. The number of nitrogens with one attached hydrogen (secondary N) is 1. The fraction of sp³-hybridized carbons (Fsp3) is 0.167. The molecule has 2 amide bonds. The van der Waals surface area contributed by atoms with Gasteiger partial charge in [0.15, 0.2) is 0 Å². The van der Waals surface area contributed by atoms with E-state index in [9.17, 15) is 19.5 Å². The highest BCUT2D eigenvalue weighted by atomic mass is 32.1. The molecule has 2 aromatic heterocycles. The molecular weight excluding hydrogens is 354 g/mol. The summed E-state index contributed by atoms with van der Waals surface area (Å²) in [7, 11) is 1.64. The van der Waals surface area contributed by atoms with Crippen molar-refractivity contribution < 1.29 is 19.5 Å². The van der Waals surface area contributed by atoms with Gasteiger partial charge in [-0.25, -0.2) is 4.79 Å². The van der Waals surface area contributed by atoms with Gasteiger partial charge in [0.2, 0.25) is 5.91 Å². The van der Waals surface area contributed by atoms with E-state index in [1.54, 1.807) is 44.3 Å². The van der Waals surface area contributed by atoms with E-state index in [0.29, 0.717) is 21.7 Å². The van der Waals surface area contributed by atoms with Crippen molar-refractivity contribution in [3.8, 4) is 0 Å². The molecule has 0 aliphatic carbocycles. The number of carboxylic acids is 1. The number of hydrogen-bond acceptors (Lipinski definition) is 4. The maximum Gasteiger partial charge on any atom is 0.338 e. The predicted octanol–water partition coefficient (Wildman–Crippen LogP) is 2.61. The van der Waals surface area contributed by atoms with E-state index in [1.807, 2.05) is 0 Å². The number of nitrogens with two attached hydrogens (primary N) is 1. The van der Waals surface area contributed by atoms with Crippen molar-refractivity contribution in [3.05, 3.63) is 57.6 Å². The fourth-order valence-corrected chi connectivity index (χ4v) is 3.89. The fourth-order valence-electron chi connectivity index (χ4n) is 2.84. The van der Waals surface area contributed by atoms with Crippen LogP contribution in [-0.2, 0) is 6.54 Å². The van der Waals surface area contributed by atoms with Gasteiger partial charge in [-0.2, -0.15) is 0 Å². The summed E-state index contributed by atoms with van der Waals surface area (Å²) in [6.45, 7) is 2.03. The van der Waals surface area contributed by atoms with Gasteiger partial charge < -0.3 is 20.7 Å². The zero-order valence-electron chi connectivity index (χ0n) is 14.2. The molecule has 134 valence electrons. The van der Waals surface area contributed by atoms with Crippen molar-refractivity contribution in [2.24, 2.45) is 5.73 Å². The normalized spacial score (nSPS) is 10.8. The number of H-pyrrole nitrogens is 1. The Balaban J connectivity index is 1.84. The van der Waals surface area contributed by atoms with E-state index in [2.05, 4.69) is 4.98 Å². The molecule has 0 saturated heterocycles. The molecular formula is C18H17N3O4S. The Morgan fingerprint density at radius 3 is 2.65 bits per heavy atom. The first-order valence-corrected chi connectivity index (χ1v) is 8.59. The molecule has 0 radical (unpaired) electrons. The highest BCUT2D eigenvalue weighted by molar-refractivity contribution is 7.19. The van der Waals surface area contributed by atoms with Gasteiger partial charge in [0, 0.05) is 24.0 Å². The van der Waals surface area contributed by atoms with E-state index in [-0.39, 0.29) is 18.0 Å². The van der Waals surface area contributed by atoms with Crippen molar-refractivity contribution in [1.82, 2.24) is 9.88 Å². The van der Waals surface area contributed by atoms with Crippen LogP contribution in [0.4, 0.5) is 0 Å². The van der Waals surface area contributed by atoms with Crippen LogP contribution in [0.3, 0.4) is 0 Å². The summed E-state index contributed by atoms with van der Waals surface area (Å²) in [5, 5.41) is 9.33. The molecule has 0 spiro atoms. The topological polar surface area (TPSA) is 116 Å². The Morgan fingerprint density at radius 2 is 2.00 bits per heavy atom. The average molecular weight is 371 g/mol. The lowest BCUT2D eigenvalue weighted by molar-refractivity contribution is 0.0697. The molecule has 0 saturated carbocycles. The molecule has 0 aliphatic heterocycles. The van der Waals surface area contributed by atoms with Crippen molar-refractivity contribution in [1.29, 1.82) is 0 Å². The monoisotopic (exact) mass is 371 g/mol. The number of carboxylic acid groups (broad SMARTS) is 1. The van der Waals surface area contributed by atoms with Crippen LogP contribution < -0.4 is 5.73 Å². The molecule has 4 N–H and O–H groups in total. The van der Waals surface area contributed by atoms with Gasteiger partial charge in [0.05, 0.1) is 15.8 Å². The number of fused-ring (bicyclic) bond motifs is 1. The van der Waals surface area contributed by atoms with Crippen LogP contribution in [0.25, 0.3) is 10.2 Å². The number of thiophene rings is 1. The number of aromatic nitrogens is 1. The molecule has 26 heavy (non-hydrogen) atoms. The smallest absolute Gasteiger partial charge is 0.338 e. The Morgan fingerprint density at radius 1 is 1.27 bits per heavy atom. The Labute approximate surface area is 153 Å². The third-order valence-corrected chi connectivity index (χ3v) is 5.12. The van der Waals surface area contributed by atoms with Crippen molar-refractivity contribution in [2.75, 3.05) is 7.05 Å². The van der Waals surface area contributed by atoms with Gasteiger partial charge in [0.1, 0.15) is 5.69 Å². The second-order valence-electron chi connectivity index (χ2n) is 5.99. The Kier molecular flexibility index (Phi) is 4.52. The van der Waals surface area contributed by atoms with Crippen molar-refractivity contribution >= 4 is 39.3 Å². The standard InChI is InChI=1S/C18H17N3O4S/c1-9-14(18(24)25)15-13(26-9)7-12(20-15)17(23)21(2)8-10-4-3-5-11(6-10)16(19)22/h3-7,20H,8H2,1-2H3,(H2,19,22)(H,24,25). The summed E-state index contributed by atoms with van der Waals surface area (Å²) < 4.78 is 0.729. The third kappa shape index (κ3) is 3.18. The molecule has 3 rings (SSSR count). The third-order valence-electron chi connectivity index (χ3n) is 4.07. The van der Waals surface area contributed by atoms with Crippen LogP contribution in [0.2, 0.25) is 0 Å². The number of aromatic amines is 1. The number of carbonyl (C=O) groups is 3. The number of benzene rings is 1. The molecule has 7 nitrogen and oxygen atoms in total. The highest BCUT2D eigenvalue weighted by Gasteiger charge is 2.21. The van der Waals surface area contributed by atoms with Gasteiger partial charge in [0.25, 0.3) is 5.91 Å². The van der Waals surface area contributed by atoms with E-state index in [1.165, 1.54) is 16.2 Å². The number of primary amides is 1. The number of hydrogen-bond donors (Lipinski definition) is 3. The molecule has 0 aliphatic rings. The molecule has 0 atom stereocenters. The Bertz CT molecular complexity index is 1030. The molecule has 2 heterocycles. The summed E-state index contributed by atoms with van der Waals surface area (Å²) in [4.78, 5) is 40.4. The lowest BCUT2D eigenvalue weighted by Crippen LogP contribution is -2.26. The summed E-state index contributed by atoms with van der Waals surface area (Å²) in [6, 6.07) is 8.43. The van der Waals surface area contributed by atoms with Gasteiger partial charge in [-0.3, -0.25) is 9.59 Å². The largest absolute Gasteiger partial charge is 0.478 e. The van der Waals surface area contributed by atoms with Gasteiger partial charge in [-0.15, -0.1) is 11.3 Å². The maximum absolute atomic E-state index is 12.7. The zero-order valence-corrected chi connectivity index (χ0v) is 15.0. The predicted molar refractivity (Wildman–Crippen MR) is 98.6 cm³/mol. The number of nitrogens with zero attached hydrogens (tertiary/aromatic N) is 1. The summed E-state index contributed by atoms with van der Waals surface area (Å²) in [6.07, 6.45) is 0. The molecule has 0 unspecified atom stereocenters. The molecule has 8 heteroatoms. The van der Waals surface area contributed by atoms with Crippen LogP contribution in [0.1, 0.15) is 41.6 Å². The lowest BCUT2D eigenvalue weighted by atomic mass is 10.1. The van der Waals surface area contributed by atoms with Crippen LogP contribution in [-0.4, -0.2) is 39.8 Å². The van der Waals surface area contributed by atoms with Crippen LogP contribution in [0.5, 0.6) is 0 Å². The lowest BCUT2D eigenvalue weighted by Gasteiger charge is -2.16. The molecule has 3 aromatic rings. The first-order chi connectivity index (χ1) is 12.3. The van der Waals surface area contributed by atoms with E-state index >= 15 is 0 Å². The van der Waals surface area contributed by atoms with E-state index < -0.39 is 11.9 Å². The zero-order chi connectivity index (χ0) is 19.0. The summed E-state index contributed by atoms with van der Waals surface area (Å²) >= 11 is 1.33. The van der Waals surface area contributed by atoms with Crippen molar-refractivity contribution in [3.63, 3.8) is 0 Å². The number of carbonyl (C=O) groups excluding carboxylic acids is 2. The minimum Gasteiger partial charge on any atom is -0.478 e. The quantitative estimate of drug-likeness (QED) is 0.639. The second kappa shape index (κ2) is 6.64. The minimum atomic E-state index is -1.02. The Hall–Kier alpha value is -3.13. The molecule has 0 bridgehead atoms. The number of rotatable bonds is 5. The summed E-state index contributed by atoms with van der Waals surface area (Å²) in [5.41, 5.74) is 7.41. The van der Waals surface area contributed by atoms with Crippen LogP contribution >= 0.6 is 11.3 Å². The first kappa shape index (κ1) is 17.7. The van der Waals surface area contributed by atoms with E-state index in [4.69, 9.17) is 5.73 Å². The number of amides is 2. The summed E-state index contributed by atoms with van der Waals surface area (Å²) in [5.74, 6) is -1.82. The van der Waals surface area contributed by atoms with Crippen LogP contribution in [0.15, 0.2) is 30.3 Å². The van der Waals surface area contributed by atoms with Gasteiger partial charge >= 0.3 is 5.97 Å². The SMILES string of the molecule is Cc1sc2cc(C(=O)N(C)Cc3cccc(C(N)=O)c3)[nH]c2c1C(=O)O. The molecule has 0 fully saturated rings. The number of aryl methyl sites for hydroxylation is 1. The highest BCUT2D eigenvalue weighted by Crippen LogP contribution is 2.31. The van der Waals surface area contributed by atoms with Gasteiger partial charge in [-0.05, 0) is 30.7 Å². The first-order valence-electron chi connectivity index (χ1n) is 7.77. The van der Waals surface area contributed by atoms with Crippen LogP contribution in [0, 0.1) is 6.92 Å².